The molecule has 5 N–H and O–H groups in total. The van der Waals surface area contributed by atoms with Crippen LogP contribution in [0.1, 0.15) is 66.4 Å². The predicted molar refractivity (Wildman–Crippen MR) is 227 cm³/mol. The van der Waals surface area contributed by atoms with Crippen LogP contribution in [-0.4, -0.2) is 120 Å². The first-order valence-electron chi connectivity index (χ1n) is 20.5. The molecular formula is C42H49N13O7. The van der Waals surface area contributed by atoms with Gasteiger partial charge in [0.05, 0.1) is 55.9 Å². The number of primary amides is 2. The number of anilines is 1. The number of nitrogens with two attached hydrogens (primary N) is 2. The van der Waals surface area contributed by atoms with Gasteiger partial charge in [-0.1, -0.05) is 12.2 Å². The average molecular weight is 848 g/mol. The van der Waals surface area contributed by atoms with E-state index in [1.165, 1.54) is 7.11 Å². The van der Waals surface area contributed by atoms with E-state index in [-0.39, 0.29) is 35.7 Å². The fourth-order valence-electron chi connectivity index (χ4n) is 7.97. The van der Waals surface area contributed by atoms with Crippen LogP contribution in [0.5, 0.6) is 11.5 Å². The lowest BCUT2D eigenvalue weighted by atomic mass is 10.1. The summed E-state index contributed by atoms with van der Waals surface area (Å²) in [6.45, 7) is 11.4. The van der Waals surface area contributed by atoms with Crippen LogP contribution in [-0.2, 0) is 30.9 Å². The molecule has 2 aliphatic heterocycles. The topological polar surface area (TPSA) is 241 Å². The quantitative estimate of drug-likeness (QED) is 0.100. The van der Waals surface area contributed by atoms with Crippen molar-refractivity contribution in [2.45, 2.75) is 53.4 Å². The van der Waals surface area contributed by atoms with Gasteiger partial charge in [-0.2, -0.15) is 15.2 Å². The van der Waals surface area contributed by atoms with E-state index in [4.69, 9.17) is 30.7 Å². The molecule has 2 aliphatic rings. The van der Waals surface area contributed by atoms with E-state index in [1.807, 2.05) is 37.5 Å². The Hall–Kier alpha value is -7.06. The van der Waals surface area contributed by atoms with E-state index in [1.54, 1.807) is 55.2 Å². The molecule has 62 heavy (non-hydrogen) atoms. The number of H-pyrrole nitrogens is 1. The number of carbonyl (C=O) groups is 4. The van der Waals surface area contributed by atoms with E-state index in [9.17, 15) is 19.2 Å². The molecule has 6 heterocycles. The fraction of sp³-hybridized carbons (Fsp3) is 0.381. The lowest BCUT2D eigenvalue weighted by molar-refractivity contribution is 0.0358. The number of rotatable bonds is 15. The van der Waals surface area contributed by atoms with Crippen molar-refractivity contribution in [1.82, 2.24) is 43.6 Å². The molecule has 324 valence electrons. The number of aromatic nitrogens is 8. The number of aromatic amines is 1. The molecule has 4 amide bonds. The summed E-state index contributed by atoms with van der Waals surface area (Å²) in [6, 6.07) is 9.77. The Kier molecular flexibility index (Phi) is 11.8. The van der Waals surface area contributed by atoms with Crippen LogP contribution in [0.25, 0.3) is 22.1 Å². The molecule has 0 radical (unpaired) electrons. The largest absolute Gasteiger partial charge is 0.494 e. The number of ether oxygens (including phenoxy) is 3. The van der Waals surface area contributed by atoms with Gasteiger partial charge in [0.15, 0.2) is 0 Å². The zero-order valence-corrected chi connectivity index (χ0v) is 35.1. The molecule has 1 saturated heterocycles. The highest BCUT2D eigenvalue weighted by Gasteiger charge is 2.31. The smallest absolute Gasteiger partial charge is 0.298 e. The van der Waals surface area contributed by atoms with Gasteiger partial charge >= 0.3 is 0 Å². The first kappa shape index (κ1) is 41.7. The highest BCUT2D eigenvalue weighted by molar-refractivity contribution is 6.06. The van der Waals surface area contributed by atoms with Crippen LogP contribution in [0.15, 0.2) is 53.5 Å². The summed E-state index contributed by atoms with van der Waals surface area (Å²) in [7, 11) is 1.49. The van der Waals surface area contributed by atoms with Gasteiger partial charge in [0.2, 0.25) is 23.4 Å². The van der Waals surface area contributed by atoms with Crippen LogP contribution in [0.3, 0.4) is 0 Å². The molecule has 4 aromatic heterocycles. The van der Waals surface area contributed by atoms with E-state index < -0.39 is 17.7 Å². The first-order valence-corrected chi connectivity index (χ1v) is 20.5. The maximum Gasteiger partial charge on any atom is 0.298 e. The molecule has 8 rings (SSSR count). The van der Waals surface area contributed by atoms with Crippen molar-refractivity contribution < 1.29 is 33.4 Å². The lowest BCUT2D eigenvalue weighted by Gasteiger charge is -2.27. The van der Waals surface area contributed by atoms with Crippen molar-refractivity contribution in [2.75, 3.05) is 58.0 Å². The number of nitrogens with one attached hydrogen (secondary N) is 1. The second-order valence-electron chi connectivity index (χ2n) is 15.1. The van der Waals surface area contributed by atoms with E-state index in [0.29, 0.717) is 96.1 Å². The molecule has 1 fully saturated rings. The third-order valence-corrected chi connectivity index (χ3v) is 10.9. The van der Waals surface area contributed by atoms with Gasteiger partial charge in [0.25, 0.3) is 11.8 Å². The molecular weight excluding hydrogens is 799 g/mol. The van der Waals surface area contributed by atoms with Crippen molar-refractivity contribution in [3.05, 3.63) is 88.1 Å². The number of morpholine rings is 1. The summed E-state index contributed by atoms with van der Waals surface area (Å²) in [6.07, 6.45) is 4.50. The Labute approximate surface area is 355 Å². The average Bonchev–Trinajstić information content (AvgIpc) is 4.03. The molecule has 6 aromatic rings. The van der Waals surface area contributed by atoms with Crippen molar-refractivity contribution in [1.29, 1.82) is 0 Å². The molecule has 0 unspecified atom stereocenters. The van der Waals surface area contributed by atoms with Crippen molar-refractivity contribution in [3.63, 3.8) is 0 Å². The van der Waals surface area contributed by atoms with E-state index in [2.05, 4.69) is 25.1 Å². The standard InChI is InChI=1S/C42H49N13O7/c1-5-54-31(19-25(2)48-54)39(58)47-41-45-29-21-28(38(44)57)24-34(62-16-8-9-50-14-17-61-18-15-50)36(29)51(41)10-6-7-11-52-35-30(22-27(37(43)56)23-33(35)60-4)46-42(52)53-12-13-55-32(40(53)59)20-26(3)49-55/h6-7,19-24H,5,8-18H2,1-4H3,(H2,43,56)(H2,44,57)(H,45,47,58)/b7-6+. The molecule has 0 atom stereocenters. The Balaban J connectivity index is 1.18. The van der Waals surface area contributed by atoms with Gasteiger partial charge in [-0.25, -0.2) is 4.98 Å². The number of benzene rings is 2. The highest BCUT2D eigenvalue weighted by atomic mass is 16.5. The minimum absolute atomic E-state index is 0.185. The van der Waals surface area contributed by atoms with E-state index >= 15 is 0 Å². The fourth-order valence-corrected chi connectivity index (χ4v) is 7.97. The lowest BCUT2D eigenvalue weighted by Crippen LogP contribution is -2.42. The molecule has 0 aliphatic carbocycles. The molecule has 0 saturated carbocycles. The number of hydrogen-bond acceptors (Lipinski definition) is 11. The molecule has 20 nitrogen and oxygen atoms in total. The number of nitrogens with zero attached hydrogens (tertiary/aromatic N) is 10. The number of hydrogen-bond donors (Lipinski definition) is 3. The minimum Gasteiger partial charge on any atom is -0.494 e. The number of imidazole rings is 2. The van der Waals surface area contributed by atoms with Gasteiger partial charge in [-0.05, 0) is 63.6 Å². The Morgan fingerprint density at radius 3 is 2.32 bits per heavy atom. The van der Waals surface area contributed by atoms with Crippen molar-refractivity contribution in [3.8, 4) is 11.5 Å². The van der Waals surface area contributed by atoms with Crippen LogP contribution in [0, 0.1) is 13.8 Å². The molecule has 0 spiro atoms. The van der Waals surface area contributed by atoms with Gasteiger partial charge in [-0.15, -0.1) is 0 Å². The van der Waals surface area contributed by atoms with Gasteiger partial charge in [-0.3, -0.25) is 38.3 Å². The summed E-state index contributed by atoms with van der Waals surface area (Å²) in [5.41, 5.74) is 16.3. The molecule has 20 heteroatoms. The summed E-state index contributed by atoms with van der Waals surface area (Å²) in [5.74, 6) is -0.998. The number of aryl methyl sites for hydroxylation is 3. The Bertz CT molecular complexity index is 2820. The summed E-state index contributed by atoms with van der Waals surface area (Å²) >= 11 is 0. The van der Waals surface area contributed by atoms with Gasteiger partial charge in [0, 0.05) is 56.9 Å². The van der Waals surface area contributed by atoms with Crippen molar-refractivity contribution in [2.24, 2.45) is 16.5 Å². The van der Waals surface area contributed by atoms with Crippen LogP contribution >= 0.6 is 0 Å². The third-order valence-electron chi connectivity index (χ3n) is 10.9. The van der Waals surface area contributed by atoms with Gasteiger partial charge in [0.1, 0.15) is 33.9 Å². The highest BCUT2D eigenvalue weighted by Crippen LogP contribution is 2.34. The maximum absolute atomic E-state index is 13.9. The van der Waals surface area contributed by atoms with Crippen molar-refractivity contribution >= 4 is 51.6 Å². The minimum atomic E-state index is -0.650. The van der Waals surface area contributed by atoms with Crippen LogP contribution in [0.2, 0.25) is 0 Å². The maximum atomic E-state index is 13.9. The molecule has 2 aromatic carbocycles. The monoisotopic (exact) mass is 847 g/mol. The zero-order chi connectivity index (χ0) is 43.7. The first-order chi connectivity index (χ1) is 29.9. The zero-order valence-electron chi connectivity index (χ0n) is 35.1. The van der Waals surface area contributed by atoms with Crippen LogP contribution < -0.4 is 31.5 Å². The summed E-state index contributed by atoms with van der Waals surface area (Å²) in [5, 5.41) is 8.88. The SMILES string of the molecule is CCn1nc(C)cc1C(=O)/N=c1\[nH]c2cc(C(N)=O)cc(OCCCN3CCOCC3)c2n1C/C=C/Cn1c(N2CCn3nc(C)cc3C2=O)nc2cc(C(N)=O)cc(OC)c21. The summed E-state index contributed by atoms with van der Waals surface area (Å²) < 4.78 is 24.6. The molecule has 0 bridgehead atoms. The third kappa shape index (κ3) is 8.20. The van der Waals surface area contributed by atoms with Crippen LogP contribution in [0.4, 0.5) is 5.95 Å². The second-order valence-corrected chi connectivity index (χ2v) is 15.1. The number of methoxy groups -OCH3 is 1. The Morgan fingerprint density at radius 1 is 0.887 bits per heavy atom. The van der Waals surface area contributed by atoms with E-state index in [0.717, 1.165) is 31.7 Å². The normalized spacial score (nSPS) is 15.0. The van der Waals surface area contributed by atoms with Gasteiger partial charge < -0.3 is 39.8 Å². The second kappa shape index (κ2) is 17.5. The number of allylic oxidation sites excluding steroid dienone is 2. The predicted octanol–water partition coefficient (Wildman–Crippen LogP) is 2.31. The number of amides is 4. The summed E-state index contributed by atoms with van der Waals surface area (Å²) in [4.78, 5) is 69.2. The Morgan fingerprint density at radius 2 is 1.60 bits per heavy atom. The number of fused-ring (bicyclic) bond motifs is 3. The number of carbonyl (C=O) groups excluding carboxylic acids is 4.